The fourth-order valence-electron chi connectivity index (χ4n) is 0.581. The van der Waals surface area contributed by atoms with E-state index in [1.54, 1.807) is 30.3 Å². The van der Waals surface area contributed by atoms with E-state index in [-0.39, 0.29) is 0 Å². The standard InChI is InChI=1S/C7H6O2.C2H6.C2H4/c8-7(9)6-4-2-1-3-5-6;2*1-2/h1-5H,(H,8,9);1-2H3;1-2H2. The molecule has 0 unspecified atom stereocenters. The number of carboxylic acid groups (broad SMARTS) is 1. The first-order valence-electron chi connectivity index (χ1n) is 4.09. The third kappa shape index (κ3) is 6.81. The maximum Gasteiger partial charge on any atom is 0.335 e. The number of carbonyl (C=O) groups is 1. The maximum absolute atomic E-state index is 10.2. The summed E-state index contributed by atoms with van der Waals surface area (Å²) in [5.41, 5.74) is 0.331. The highest BCUT2D eigenvalue weighted by atomic mass is 16.4. The molecule has 0 spiro atoms. The first kappa shape index (κ1) is 14.0. The molecule has 0 radical (unpaired) electrons. The van der Waals surface area contributed by atoms with E-state index in [4.69, 9.17) is 5.11 Å². The molecule has 1 aromatic carbocycles. The molecule has 2 heteroatoms. The highest BCUT2D eigenvalue weighted by molar-refractivity contribution is 5.87. The zero-order chi connectivity index (χ0) is 10.7. The molecule has 0 aromatic heterocycles. The van der Waals surface area contributed by atoms with E-state index >= 15 is 0 Å². The largest absolute Gasteiger partial charge is 0.478 e. The van der Waals surface area contributed by atoms with E-state index in [1.165, 1.54) is 0 Å². The summed E-state index contributed by atoms with van der Waals surface area (Å²) < 4.78 is 0. The number of aromatic carboxylic acids is 1. The normalized spacial score (nSPS) is 6.92. The molecule has 0 aliphatic heterocycles. The van der Waals surface area contributed by atoms with Crippen LogP contribution in [0.4, 0.5) is 0 Å². The van der Waals surface area contributed by atoms with E-state index in [1.807, 2.05) is 13.8 Å². The molecule has 72 valence electrons. The van der Waals surface area contributed by atoms with E-state index in [0.717, 1.165) is 0 Å². The van der Waals surface area contributed by atoms with Crippen molar-refractivity contribution in [3.63, 3.8) is 0 Å². The van der Waals surface area contributed by atoms with Crippen LogP contribution < -0.4 is 0 Å². The van der Waals surface area contributed by atoms with Crippen molar-refractivity contribution in [2.45, 2.75) is 13.8 Å². The smallest absolute Gasteiger partial charge is 0.335 e. The van der Waals surface area contributed by atoms with Crippen molar-refractivity contribution in [3.05, 3.63) is 49.1 Å². The number of hydrogen-bond donors (Lipinski definition) is 1. The Kier molecular flexibility index (Phi) is 11.2. The van der Waals surface area contributed by atoms with Gasteiger partial charge in [-0.2, -0.15) is 0 Å². The van der Waals surface area contributed by atoms with Crippen molar-refractivity contribution in [2.75, 3.05) is 0 Å². The van der Waals surface area contributed by atoms with Crippen LogP contribution in [0.3, 0.4) is 0 Å². The average molecular weight is 180 g/mol. The Morgan fingerprint density at radius 1 is 1.15 bits per heavy atom. The molecule has 0 fully saturated rings. The molecule has 1 N–H and O–H groups in total. The molecule has 0 aliphatic carbocycles. The van der Waals surface area contributed by atoms with Gasteiger partial charge in [0.2, 0.25) is 0 Å². The summed E-state index contributed by atoms with van der Waals surface area (Å²) in [6.45, 7) is 10.0. The molecule has 13 heavy (non-hydrogen) atoms. The van der Waals surface area contributed by atoms with Gasteiger partial charge >= 0.3 is 5.97 Å². The Hall–Kier alpha value is -1.57. The lowest BCUT2D eigenvalue weighted by Gasteiger charge is -1.88. The van der Waals surface area contributed by atoms with E-state index in [0.29, 0.717) is 5.56 Å². The Bertz CT molecular complexity index is 217. The average Bonchev–Trinajstić information content (AvgIpc) is 2.25. The minimum atomic E-state index is -0.879. The first-order valence-corrected chi connectivity index (χ1v) is 4.09. The molecule has 0 saturated heterocycles. The number of benzene rings is 1. The number of hydrogen-bond acceptors (Lipinski definition) is 1. The van der Waals surface area contributed by atoms with Gasteiger partial charge in [0.05, 0.1) is 5.56 Å². The molecule has 0 aliphatic rings. The highest BCUT2D eigenvalue weighted by Gasteiger charge is 1.96. The molecule has 0 saturated carbocycles. The third-order valence-electron chi connectivity index (χ3n) is 1.02. The van der Waals surface area contributed by atoms with Gasteiger partial charge in [0, 0.05) is 0 Å². The van der Waals surface area contributed by atoms with E-state index < -0.39 is 5.97 Å². The van der Waals surface area contributed by atoms with Crippen molar-refractivity contribution in [2.24, 2.45) is 0 Å². The quantitative estimate of drug-likeness (QED) is 0.674. The van der Waals surface area contributed by atoms with Crippen molar-refractivity contribution in [1.82, 2.24) is 0 Å². The molecule has 0 amide bonds. The summed E-state index contributed by atoms with van der Waals surface area (Å²) in [5, 5.41) is 8.38. The van der Waals surface area contributed by atoms with Crippen LogP contribution >= 0.6 is 0 Å². The second kappa shape index (κ2) is 10.4. The molecule has 2 nitrogen and oxygen atoms in total. The van der Waals surface area contributed by atoms with Gasteiger partial charge in [0.15, 0.2) is 0 Å². The van der Waals surface area contributed by atoms with Crippen LogP contribution in [0.1, 0.15) is 24.2 Å². The SMILES string of the molecule is C=C.CC.O=C(O)c1ccccc1. The minimum Gasteiger partial charge on any atom is -0.478 e. The van der Waals surface area contributed by atoms with Crippen molar-refractivity contribution < 1.29 is 9.90 Å². The molecular weight excluding hydrogens is 164 g/mol. The fraction of sp³-hybridized carbons (Fsp3) is 0.182. The van der Waals surface area contributed by atoms with Gasteiger partial charge in [-0.25, -0.2) is 4.79 Å². The van der Waals surface area contributed by atoms with Crippen LogP contribution in [0.15, 0.2) is 43.5 Å². The molecule has 0 atom stereocenters. The molecular formula is C11H16O2. The predicted molar refractivity (Wildman–Crippen MR) is 56.0 cm³/mol. The van der Waals surface area contributed by atoms with Crippen molar-refractivity contribution >= 4 is 5.97 Å². The highest BCUT2D eigenvalue weighted by Crippen LogP contribution is 1.96. The van der Waals surface area contributed by atoms with Gasteiger partial charge in [-0.05, 0) is 12.1 Å². The van der Waals surface area contributed by atoms with Gasteiger partial charge in [0.1, 0.15) is 0 Å². The van der Waals surface area contributed by atoms with Crippen molar-refractivity contribution in [1.29, 1.82) is 0 Å². The van der Waals surface area contributed by atoms with Gasteiger partial charge in [-0.3, -0.25) is 0 Å². The van der Waals surface area contributed by atoms with Gasteiger partial charge in [-0.1, -0.05) is 32.0 Å². The van der Waals surface area contributed by atoms with Crippen molar-refractivity contribution in [3.8, 4) is 0 Å². The van der Waals surface area contributed by atoms with Crippen LogP contribution in [0.5, 0.6) is 0 Å². The maximum atomic E-state index is 10.2. The van der Waals surface area contributed by atoms with Gasteiger partial charge in [0.25, 0.3) is 0 Å². The lowest BCUT2D eigenvalue weighted by Crippen LogP contribution is -1.93. The second-order valence-electron chi connectivity index (χ2n) is 1.67. The Labute approximate surface area is 79.5 Å². The third-order valence-corrected chi connectivity index (χ3v) is 1.02. The minimum absolute atomic E-state index is 0.331. The van der Waals surface area contributed by atoms with E-state index in [9.17, 15) is 4.79 Å². The summed E-state index contributed by atoms with van der Waals surface area (Å²) in [4.78, 5) is 10.2. The Morgan fingerprint density at radius 2 is 1.54 bits per heavy atom. The van der Waals surface area contributed by atoms with Crippen LogP contribution in [-0.4, -0.2) is 11.1 Å². The van der Waals surface area contributed by atoms with Gasteiger partial charge in [-0.15, -0.1) is 13.2 Å². The topological polar surface area (TPSA) is 37.3 Å². The Balaban J connectivity index is 0. The number of carboxylic acids is 1. The summed E-state index contributed by atoms with van der Waals surface area (Å²) in [5.74, 6) is -0.879. The molecule has 1 rings (SSSR count). The first-order chi connectivity index (χ1) is 6.30. The molecule has 0 heterocycles. The van der Waals surface area contributed by atoms with Crippen LogP contribution in [0, 0.1) is 0 Å². The van der Waals surface area contributed by atoms with Gasteiger partial charge < -0.3 is 5.11 Å². The summed E-state index contributed by atoms with van der Waals surface area (Å²) in [7, 11) is 0. The monoisotopic (exact) mass is 180 g/mol. The predicted octanol–water partition coefficient (Wildman–Crippen LogP) is 3.21. The fourth-order valence-corrected chi connectivity index (χ4v) is 0.581. The lowest BCUT2D eigenvalue weighted by molar-refractivity contribution is 0.0697. The van der Waals surface area contributed by atoms with E-state index in [2.05, 4.69) is 13.2 Å². The molecule has 0 bridgehead atoms. The molecule has 1 aromatic rings. The lowest BCUT2D eigenvalue weighted by atomic mass is 10.2. The summed E-state index contributed by atoms with van der Waals surface area (Å²) in [6.07, 6.45) is 0. The van der Waals surface area contributed by atoms with Crippen LogP contribution in [0.2, 0.25) is 0 Å². The number of rotatable bonds is 1. The van der Waals surface area contributed by atoms with Crippen LogP contribution in [0.25, 0.3) is 0 Å². The second-order valence-corrected chi connectivity index (χ2v) is 1.67. The summed E-state index contributed by atoms with van der Waals surface area (Å²) >= 11 is 0. The zero-order valence-electron chi connectivity index (χ0n) is 8.16. The Morgan fingerprint density at radius 3 is 1.77 bits per heavy atom. The zero-order valence-corrected chi connectivity index (χ0v) is 8.16. The van der Waals surface area contributed by atoms with Crippen LogP contribution in [-0.2, 0) is 0 Å². The summed E-state index contributed by atoms with van der Waals surface area (Å²) in [6, 6.07) is 8.30.